The zero-order valence-corrected chi connectivity index (χ0v) is 22.1. The van der Waals surface area contributed by atoms with Crippen molar-refractivity contribution < 1.29 is 9.53 Å². The molecule has 0 aliphatic heterocycles. The SMILES string of the molecule is CCOC(=O)C[C@@H]1CC[C@@H](N(CC2CCCCC2)CC2CCCCC2)[C@H](c2ccc(Cl)cc2)C1. The standard InChI is InChI=1S/C30H46ClNO2/c1-2-34-30(33)20-25-13-18-29(28(19-25)26-14-16-27(31)17-15-26)32(21-23-9-5-3-6-10-23)22-24-11-7-4-8-12-24/h14-17,23-25,28-29H,2-13,18-22H2,1H3/t25-,28+,29-/m1/s1. The molecule has 0 unspecified atom stereocenters. The Kier molecular flexibility index (Phi) is 10.2. The fourth-order valence-corrected chi connectivity index (χ4v) is 7.26. The first-order chi connectivity index (χ1) is 16.6. The Bertz CT molecular complexity index is 719. The van der Waals surface area contributed by atoms with Crippen molar-refractivity contribution in [1.82, 2.24) is 4.90 Å². The lowest BCUT2D eigenvalue weighted by Crippen LogP contribution is -2.47. The minimum absolute atomic E-state index is 0.0259. The quantitative estimate of drug-likeness (QED) is 0.330. The number of esters is 1. The van der Waals surface area contributed by atoms with Crippen LogP contribution in [0, 0.1) is 17.8 Å². The summed E-state index contributed by atoms with van der Waals surface area (Å²) in [6, 6.07) is 9.16. The number of halogens is 1. The minimum Gasteiger partial charge on any atom is -0.466 e. The topological polar surface area (TPSA) is 29.5 Å². The lowest BCUT2D eigenvalue weighted by atomic mass is 9.72. The van der Waals surface area contributed by atoms with Crippen LogP contribution >= 0.6 is 11.6 Å². The molecule has 0 bridgehead atoms. The van der Waals surface area contributed by atoms with Gasteiger partial charge in [0, 0.05) is 30.6 Å². The van der Waals surface area contributed by atoms with E-state index in [9.17, 15) is 4.79 Å². The average Bonchev–Trinajstić information content (AvgIpc) is 2.85. The van der Waals surface area contributed by atoms with Gasteiger partial charge in [-0.15, -0.1) is 0 Å². The van der Waals surface area contributed by atoms with Gasteiger partial charge in [0.25, 0.3) is 0 Å². The third kappa shape index (κ3) is 7.47. The molecule has 4 heteroatoms. The van der Waals surface area contributed by atoms with E-state index >= 15 is 0 Å². The molecule has 0 spiro atoms. The summed E-state index contributed by atoms with van der Waals surface area (Å²) < 4.78 is 5.31. The molecule has 190 valence electrons. The van der Waals surface area contributed by atoms with Crippen LogP contribution in [-0.4, -0.2) is 36.6 Å². The highest BCUT2D eigenvalue weighted by Crippen LogP contribution is 2.42. The number of rotatable bonds is 9. The Hall–Kier alpha value is -1.06. The first kappa shape index (κ1) is 26.0. The van der Waals surface area contributed by atoms with Gasteiger partial charge in [0.1, 0.15) is 0 Å². The molecular weight excluding hydrogens is 442 g/mol. The molecule has 3 atom stereocenters. The molecule has 4 rings (SSSR count). The van der Waals surface area contributed by atoms with Gasteiger partial charge in [0.2, 0.25) is 0 Å². The molecule has 0 N–H and O–H groups in total. The summed E-state index contributed by atoms with van der Waals surface area (Å²) in [6.45, 7) is 4.92. The van der Waals surface area contributed by atoms with Gasteiger partial charge in [-0.25, -0.2) is 0 Å². The molecule has 0 aromatic heterocycles. The van der Waals surface area contributed by atoms with Gasteiger partial charge < -0.3 is 4.74 Å². The van der Waals surface area contributed by atoms with Gasteiger partial charge >= 0.3 is 5.97 Å². The second kappa shape index (κ2) is 13.3. The summed E-state index contributed by atoms with van der Waals surface area (Å²) in [5, 5.41) is 0.806. The van der Waals surface area contributed by atoms with Crippen molar-refractivity contribution in [3.8, 4) is 0 Å². The largest absolute Gasteiger partial charge is 0.466 e. The monoisotopic (exact) mass is 487 g/mol. The molecule has 0 saturated heterocycles. The predicted molar refractivity (Wildman–Crippen MR) is 141 cm³/mol. The third-order valence-corrected chi connectivity index (χ3v) is 9.14. The molecule has 0 amide bonds. The third-order valence-electron chi connectivity index (χ3n) is 8.89. The number of carbonyl (C=O) groups excluding carboxylic acids is 1. The van der Waals surface area contributed by atoms with Crippen LogP contribution in [0.4, 0.5) is 0 Å². The lowest BCUT2D eigenvalue weighted by molar-refractivity contribution is -0.144. The second-order valence-corrected chi connectivity index (χ2v) is 11.8. The van der Waals surface area contributed by atoms with E-state index in [1.807, 2.05) is 6.92 Å². The first-order valence-electron chi connectivity index (χ1n) is 14.3. The van der Waals surface area contributed by atoms with E-state index in [-0.39, 0.29) is 5.97 Å². The molecular formula is C30H46ClNO2. The normalized spacial score (nSPS) is 27.1. The molecule has 0 heterocycles. The molecule has 1 aromatic rings. The second-order valence-electron chi connectivity index (χ2n) is 11.4. The van der Waals surface area contributed by atoms with Gasteiger partial charge in [-0.2, -0.15) is 0 Å². The fraction of sp³-hybridized carbons (Fsp3) is 0.767. The van der Waals surface area contributed by atoms with Crippen LogP contribution < -0.4 is 0 Å². The number of benzene rings is 1. The van der Waals surface area contributed by atoms with Crippen LogP contribution in [0.5, 0.6) is 0 Å². The number of ether oxygens (including phenoxy) is 1. The van der Waals surface area contributed by atoms with E-state index < -0.39 is 0 Å². The summed E-state index contributed by atoms with van der Waals surface area (Å²) in [5.74, 6) is 2.59. The molecule has 3 fully saturated rings. The van der Waals surface area contributed by atoms with E-state index in [2.05, 4.69) is 29.2 Å². The van der Waals surface area contributed by atoms with Gasteiger partial charge in [-0.05, 0) is 93.2 Å². The van der Waals surface area contributed by atoms with Crippen molar-refractivity contribution in [2.24, 2.45) is 17.8 Å². The smallest absolute Gasteiger partial charge is 0.306 e. The van der Waals surface area contributed by atoms with Crippen LogP contribution in [0.1, 0.15) is 108 Å². The molecule has 0 radical (unpaired) electrons. The number of hydrogen-bond acceptors (Lipinski definition) is 3. The minimum atomic E-state index is -0.0259. The average molecular weight is 488 g/mol. The molecule has 34 heavy (non-hydrogen) atoms. The Morgan fingerprint density at radius 1 is 0.853 bits per heavy atom. The van der Waals surface area contributed by atoms with Crippen LogP contribution in [0.15, 0.2) is 24.3 Å². The molecule has 3 nitrogen and oxygen atoms in total. The lowest BCUT2D eigenvalue weighted by Gasteiger charge is -2.46. The fourth-order valence-electron chi connectivity index (χ4n) is 7.14. The zero-order valence-electron chi connectivity index (χ0n) is 21.4. The zero-order chi connectivity index (χ0) is 23.8. The maximum Gasteiger partial charge on any atom is 0.306 e. The molecule has 3 aliphatic rings. The van der Waals surface area contributed by atoms with Gasteiger partial charge in [-0.3, -0.25) is 9.69 Å². The Morgan fingerprint density at radius 3 is 2.00 bits per heavy atom. The molecule has 3 saturated carbocycles. The van der Waals surface area contributed by atoms with Crippen molar-refractivity contribution in [2.45, 2.75) is 109 Å². The Labute approximate surface area is 213 Å². The maximum atomic E-state index is 12.3. The van der Waals surface area contributed by atoms with Gasteiger partial charge in [0.05, 0.1) is 6.61 Å². The molecule has 1 aromatic carbocycles. The maximum absolute atomic E-state index is 12.3. The van der Waals surface area contributed by atoms with Crippen molar-refractivity contribution in [1.29, 1.82) is 0 Å². The van der Waals surface area contributed by atoms with Crippen LogP contribution in [0.3, 0.4) is 0 Å². The summed E-state index contributed by atoms with van der Waals surface area (Å²) in [4.78, 5) is 15.2. The van der Waals surface area contributed by atoms with Crippen molar-refractivity contribution in [3.05, 3.63) is 34.9 Å². The Balaban J connectivity index is 1.54. The van der Waals surface area contributed by atoms with Crippen molar-refractivity contribution in [2.75, 3.05) is 19.7 Å². The van der Waals surface area contributed by atoms with Gasteiger partial charge in [0.15, 0.2) is 0 Å². The summed E-state index contributed by atoms with van der Waals surface area (Å²) >= 11 is 6.27. The van der Waals surface area contributed by atoms with Crippen molar-refractivity contribution >= 4 is 17.6 Å². The van der Waals surface area contributed by atoms with E-state index in [1.54, 1.807) is 0 Å². The van der Waals surface area contributed by atoms with E-state index in [1.165, 1.54) is 89.3 Å². The van der Waals surface area contributed by atoms with Crippen LogP contribution in [0.25, 0.3) is 0 Å². The number of carbonyl (C=O) groups is 1. The van der Waals surface area contributed by atoms with E-state index in [0.717, 1.165) is 29.7 Å². The summed E-state index contributed by atoms with van der Waals surface area (Å²) in [6.07, 6.45) is 18.1. The first-order valence-corrected chi connectivity index (χ1v) is 14.6. The van der Waals surface area contributed by atoms with Crippen LogP contribution in [0.2, 0.25) is 5.02 Å². The highest BCUT2D eigenvalue weighted by Gasteiger charge is 2.37. The highest BCUT2D eigenvalue weighted by atomic mass is 35.5. The number of nitrogens with zero attached hydrogens (tertiary/aromatic N) is 1. The van der Waals surface area contributed by atoms with Crippen molar-refractivity contribution in [3.63, 3.8) is 0 Å². The highest BCUT2D eigenvalue weighted by molar-refractivity contribution is 6.30. The molecule has 3 aliphatic carbocycles. The Morgan fingerprint density at radius 2 is 1.44 bits per heavy atom. The predicted octanol–water partition coefficient (Wildman–Crippen LogP) is 8.01. The van der Waals surface area contributed by atoms with Crippen LogP contribution in [-0.2, 0) is 9.53 Å². The van der Waals surface area contributed by atoms with E-state index in [4.69, 9.17) is 16.3 Å². The summed E-state index contributed by atoms with van der Waals surface area (Å²) in [7, 11) is 0. The number of hydrogen-bond donors (Lipinski definition) is 0. The van der Waals surface area contributed by atoms with Gasteiger partial charge in [-0.1, -0.05) is 62.3 Å². The van der Waals surface area contributed by atoms with E-state index in [0.29, 0.717) is 30.9 Å². The summed E-state index contributed by atoms with van der Waals surface area (Å²) in [5.41, 5.74) is 1.40.